The van der Waals surface area contributed by atoms with Crippen LogP contribution in [0.1, 0.15) is 31.5 Å². The van der Waals surface area contributed by atoms with Crippen LogP contribution in [0.5, 0.6) is 11.6 Å². The fourth-order valence-corrected chi connectivity index (χ4v) is 3.59. The molecule has 0 saturated carbocycles. The molecule has 1 aromatic heterocycles. The van der Waals surface area contributed by atoms with E-state index in [1.54, 1.807) is 23.9 Å². The van der Waals surface area contributed by atoms with Gasteiger partial charge in [0.1, 0.15) is 11.6 Å². The van der Waals surface area contributed by atoms with Crippen LogP contribution in [-0.4, -0.2) is 52.2 Å². The molecular weight excluding hydrogens is 409 g/mol. The van der Waals surface area contributed by atoms with E-state index in [-0.39, 0.29) is 18.5 Å². The average Bonchev–Trinajstić information content (AvgIpc) is 3.08. The fourth-order valence-electron chi connectivity index (χ4n) is 3.59. The van der Waals surface area contributed by atoms with Crippen molar-refractivity contribution in [2.24, 2.45) is 0 Å². The number of ether oxygens (including phenoxy) is 2. The second-order valence-electron chi connectivity index (χ2n) is 7.97. The van der Waals surface area contributed by atoms with Crippen molar-refractivity contribution < 1.29 is 19.0 Å². The summed E-state index contributed by atoms with van der Waals surface area (Å²) in [4.78, 5) is 2.20. The molecule has 0 spiro atoms. The first-order chi connectivity index (χ1) is 15.4. The molecule has 0 bridgehead atoms. The van der Waals surface area contributed by atoms with Crippen LogP contribution in [-0.2, 0) is 11.3 Å². The van der Waals surface area contributed by atoms with E-state index in [4.69, 9.17) is 14.6 Å². The minimum atomic E-state index is -0.605. The van der Waals surface area contributed by atoms with E-state index >= 15 is 0 Å². The van der Waals surface area contributed by atoms with Crippen LogP contribution in [0.15, 0.2) is 54.6 Å². The van der Waals surface area contributed by atoms with Crippen LogP contribution in [0.3, 0.4) is 0 Å². The number of aliphatic hydroxyl groups excluding tert-OH is 1. The molecule has 7 heteroatoms. The number of hydrogen-bond donors (Lipinski definition) is 1. The highest BCUT2D eigenvalue weighted by Gasteiger charge is 2.24. The Balaban J connectivity index is 2.02. The Bertz CT molecular complexity index is 993. The minimum Gasteiger partial charge on any atom is -0.438 e. The van der Waals surface area contributed by atoms with Crippen molar-refractivity contribution in [1.29, 1.82) is 0 Å². The van der Waals surface area contributed by atoms with Gasteiger partial charge >= 0.3 is 0 Å². The molecule has 32 heavy (non-hydrogen) atoms. The summed E-state index contributed by atoms with van der Waals surface area (Å²) in [7, 11) is 1.58. The van der Waals surface area contributed by atoms with Gasteiger partial charge in [-0.1, -0.05) is 31.2 Å². The molecule has 0 aliphatic rings. The maximum atomic E-state index is 13.8. The summed E-state index contributed by atoms with van der Waals surface area (Å²) in [6.45, 7) is 7.43. The van der Waals surface area contributed by atoms with E-state index < -0.39 is 6.10 Å². The van der Waals surface area contributed by atoms with Gasteiger partial charge in [-0.2, -0.15) is 5.10 Å². The normalized spacial score (nSPS) is 13.3. The molecule has 1 heterocycles. The first-order valence-electron chi connectivity index (χ1n) is 10.9. The molecule has 0 aliphatic heterocycles. The predicted molar refractivity (Wildman–Crippen MR) is 123 cm³/mol. The van der Waals surface area contributed by atoms with E-state index in [9.17, 15) is 9.50 Å². The number of aryl methyl sites for hydroxylation is 1. The Morgan fingerprint density at radius 1 is 1.16 bits per heavy atom. The van der Waals surface area contributed by atoms with Gasteiger partial charge in [-0.05, 0) is 44.5 Å². The van der Waals surface area contributed by atoms with Crippen molar-refractivity contribution in [3.8, 4) is 17.3 Å². The molecule has 1 N–H and O–H groups in total. The molecule has 0 aliphatic carbocycles. The van der Waals surface area contributed by atoms with Gasteiger partial charge in [-0.3, -0.25) is 4.90 Å². The van der Waals surface area contributed by atoms with Crippen molar-refractivity contribution in [2.45, 2.75) is 45.9 Å². The highest BCUT2D eigenvalue weighted by Crippen LogP contribution is 2.32. The standard InChI is InChI=1S/C25H32FN3O3/c1-5-18(2)28(15-22(30)17-31-4)16-24-19(3)27-29(21-11-7-6-8-12-21)25(24)32-23-13-9-10-20(26)14-23/h6-14,18,22,30H,5,15-17H2,1-4H3/t18-,22-/m1/s1. The monoisotopic (exact) mass is 441 g/mol. The first kappa shape index (κ1) is 23.9. The third kappa shape index (κ3) is 5.94. The molecule has 0 radical (unpaired) electrons. The molecule has 3 aromatic rings. The number of rotatable bonds is 11. The van der Waals surface area contributed by atoms with Crippen molar-refractivity contribution >= 4 is 0 Å². The third-order valence-electron chi connectivity index (χ3n) is 5.53. The number of hydrogen-bond acceptors (Lipinski definition) is 5. The SMILES string of the molecule is CC[C@@H](C)N(Cc1c(C)nn(-c2ccccc2)c1Oc1cccc(F)c1)C[C@@H](O)COC. The Morgan fingerprint density at radius 2 is 1.91 bits per heavy atom. The van der Waals surface area contributed by atoms with E-state index in [1.807, 2.05) is 37.3 Å². The van der Waals surface area contributed by atoms with Crippen LogP contribution >= 0.6 is 0 Å². The van der Waals surface area contributed by atoms with Crippen LogP contribution in [0.25, 0.3) is 5.69 Å². The van der Waals surface area contributed by atoms with Gasteiger partial charge in [-0.25, -0.2) is 9.07 Å². The third-order valence-corrected chi connectivity index (χ3v) is 5.53. The number of aliphatic hydroxyl groups is 1. The molecular formula is C25H32FN3O3. The number of benzene rings is 2. The van der Waals surface area contributed by atoms with Gasteiger partial charge in [0, 0.05) is 32.3 Å². The molecule has 3 rings (SSSR count). The maximum absolute atomic E-state index is 13.8. The van der Waals surface area contributed by atoms with E-state index in [1.165, 1.54) is 12.1 Å². The Morgan fingerprint density at radius 3 is 2.56 bits per heavy atom. The highest BCUT2D eigenvalue weighted by molar-refractivity contribution is 5.43. The van der Waals surface area contributed by atoms with Gasteiger partial charge in [0.15, 0.2) is 0 Å². The number of methoxy groups -OCH3 is 1. The number of aromatic nitrogens is 2. The summed E-state index contributed by atoms with van der Waals surface area (Å²) >= 11 is 0. The topological polar surface area (TPSA) is 59.8 Å². The van der Waals surface area contributed by atoms with Crippen LogP contribution in [0.4, 0.5) is 4.39 Å². The predicted octanol–water partition coefficient (Wildman–Crippen LogP) is 4.72. The van der Waals surface area contributed by atoms with Crippen LogP contribution in [0.2, 0.25) is 0 Å². The van der Waals surface area contributed by atoms with E-state index in [0.29, 0.717) is 24.7 Å². The van der Waals surface area contributed by atoms with Gasteiger partial charge in [0.05, 0.1) is 29.7 Å². The Hall–Kier alpha value is -2.74. The molecule has 0 fully saturated rings. The van der Waals surface area contributed by atoms with E-state index in [2.05, 4.69) is 18.7 Å². The smallest absolute Gasteiger partial charge is 0.227 e. The molecule has 0 amide bonds. The zero-order valence-corrected chi connectivity index (χ0v) is 19.2. The molecule has 0 unspecified atom stereocenters. The molecule has 2 aromatic carbocycles. The molecule has 0 saturated heterocycles. The summed E-state index contributed by atoms with van der Waals surface area (Å²) in [5, 5.41) is 15.1. The number of nitrogens with zero attached hydrogens (tertiary/aromatic N) is 3. The lowest BCUT2D eigenvalue weighted by Crippen LogP contribution is -2.40. The lowest BCUT2D eigenvalue weighted by Gasteiger charge is -2.30. The zero-order valence-electron chi connectivity index (χ0n) is 19.2. The van der Waals surface area contributed by atoms with Crippen molar-refractivity contribution in [3.63, 3.8) is 0 Å². The fraction of sp³-hybridized carbons (Fsp3) is 0.400. The lowest BCUT2D eigenvalue weighted by molar-refractivity contribution is 0.0252. The van der Waals surface area contributed by atoms with Gasteiger partial charge < -0.3 is 14.6 Å². The quantitative estimate of drug-likeness (QED) is 0.467. The molecule has 172 valence electrons. The average molecular weight is 442 g/mol. The van der Waals surface area contributed by atoms with Crippen LogP contribution in [0, 0.1) is 12.7 Å². The molecule has 2 atom stereocenters. The van der Waals surface area contributed by atoms with Crippen molar-refractivity contribution in [1.82, 2.24) is 14.7 Å². The minimum absolute atomic E-state index is 0.225. The summed E-state index contributed by atoms with van der Waals surface area (Å²) in [5.74, 6) is 0.571. The highest BCUT2D eigenvalue weighted by atomic mass is 19.1. The number of halogens is 1. The molecule has 6 nitrogen and oxygen atoms in total. The van der Waals surface area contributed by atoms with Crippen molar-refractivity contribution in [2.75, 3.05) is 20.3 Å². The number of para-hydroxylation sites is 1. The van der Waals surface area contributed by atoms with Gasteiger partial charge in [0.25, 0.3) is 0 Å². The van der Waals surface area contributed by atoms with Gasteiger partial charge in [0.2, 0.25) is 5.88 Å². The Labute approximate surface area is 189 Å². The summed E-state index contributed by atoms with van der Waals surface area (Å²) in [6.07, 6.45) is 0.317. The zero-order chi connectivity index (χ0) is 23.1. The van der Waals surface area contributed by atoms with Gasteiger partial charge in [-0.15, -0.1) is 0 Å². The Kier molecular flexibility index (Phi) is 8.39. The summed E-state index contributed by atoms with van der Waals surface area (Å²) in [6, 6.07) is 16.0. The summed E-state index contributed by atoms with van der Waals surface area (Å²) < 4.78 is 26.9. The van der Waals surface area contributed by atoms with Crippen molar-refractivity contribution in [3.05, 3.63) is 71.7 Å². The summed E-state index contributed by atoms with van der Waals surface area (Å²) in [5.41, 5.74) is 2.56. The lowest BCUT2D eigenvalue weighted by atomic mass is 10.1. The van der Waals surface area contributed by atoms with E-state index in [0.717, 1.165) is 23.4 Å². The second-order valence-corrected chi connectivity index (χ2v) is 7.97. The maximum Gasteiger partial charge on any atom is 0.227 e. The van der Waals surface area contributed by atoms with Crippen LogP contribution < -0.4 is 4.74 Å². The first-order valence-corrected chi connectivity index (χ1v) is 10.9. The second kappa shape index (κ2) is 11.2. The largest absolute Gasteiger partial charge is 0.438 e.